The van der Waals surface area contributed by atoms with Gasteiger partial charge in [0.1, 0.15) is 24.4 Å². The quantitative estimate of drug-likeness (QED) is 0.728. The van der Waals surface area contributed by atoms with Crippen molar-refractivity contribution in [3.05, 3.63) is 36.4 Å². The molecule has 2 aromatic heterocycles. The summed E-state index contributed by atoms with van der Waals surface area (Å²) in [5.41, 5.74) is 0.756. The summed E-state index contributed by atoms with van der Waals surface area (Å²) in [7, 11) is 1.61. The molecular weight excluding hydrogens is 275 g/mol. The minimum atomic E-state index is -0.452. The number of hydrogen-bond acceptors (Lipinski definition) is 5. The van der Waals surface area contributed by atoms with Crippen molar-refractivity contribution >= 4 is 10.9 Å². The highest BCUT2D eigenvalue weighted by atomic mass is 19.1. The maximum atomic E-state index is 14.0. The van der Waals surface area contributed by atoms with Gasteiger partial charge in [0.15, 0.2) is 11.6 Å². The van der Waals surface area contributed by atoms with E-state index in [-0.39, 0.29) is 5.69 Å². The Morgan fingerprint density at radius 2 is 2.14 bits per heavy atom. The SMILES string of the molecule is COCCOc1ccc2cc(F)c(-c3ncn[nH]3)nc2c1. The summed E-state index contributed by atoms with van der Waals surface area (Å²) >= 11 is 0. The minimum Gasteiger partial charge on any atom is -0.491 e. The average Bonchev–Trinajstić information content (AvgIpc) is 3.01. The highest BCUT2D eigenvalue weighted by Crippen LogP contribution is 2.24. The zero-order chi connectivity index (χ0) is 14.7. The molecular formula is C14H13FN4O2. The second-order valence-corrected chi connectivity index (χ2v) is 4.35. The summed E-state index contributed by atoms with van der Waals surface area (Å²) in [4.78, 5) is 8.21. The summed E-state index contributed by atoms with van der Waals surface area (Å²) in [5, 5.41) is 7.00. The first-order valence-electron chi connectivity index (χ1n) is 6.35. The molecule has 0 atom stereocenters. The monoisotopic (exact) mass is 288 g/mol. The van der Waals surface area contributed by atoms with E-state index < -0.39 is 5.82 Å². The lowest BCUT2D eigenvalue weighted by Crippen LogP contribution is -2.04. The van der Waals surface area contributed by atoms with E-state index in [9.17, 15) is 4.39 Å². The van der Waals surface area contributed by atoms with Crippen LogP contribution in [0.15, 0.2) is 30.6 Å². The van der Waals surface area contributed by atoms with E-state index in [1.54, 1.807) is 25.3 Å². The highest BCUT2D eigenvalue weighted by Gasteiger charge is 2.12. The molecule has 0 aliphatic heterocycles. The molecule has 0 aliphatic rings. The van der Waals surface area contributed by atoms with Gasteiger partial charge in [0.25, 0.3) is 0 Å². The van der Waals surface area contributed by atoms with Crippen molar-refractivity contribution in [2.45, 2.75) is 0 Å². The average molecular weight is 288 g/mol. The maximum Gasteiger partial charge on any atom is 0.177 e. The van der Waals surface area contributed by atoms with E-state index in [1.807, 2.05) is 0 Å². The van der Waals surface area contributed by atoms with Crippen LogP contribution in [-0.4, -0.2) is 40.5 Å². The Morgan fingerprint density at radius 3 is 2.90 bits per heavy atom. The summed E-state index contributed by atoms with van der Waals surface area (Å²) in [5.74, 6) is 0.495. The van der Waals surface area contributed by atoms with Crippen LogP contribution in [0.25, 0.3) is 22.4 Å². The summed E-state index contributed by atoms with van der Waals surface area (Å²) in [6.07, 6.45) is 1.31. The van der Waals surface area contributed by atoms with E-state index in [4.69, 9.17) is 9.47 Å². The van der Waals surface area contributed by atoms with Gasteiger partial charge in [-0.1, -0.05) is 0 Å². The summed E-state index contributed by atoms with van der Waals surface area (Å²) in [6.45, 7) is 0.941. The van der Waals surface area contributed by atoms with Gasteiger partial charge in [-0.2, -0.15) is 5.10 Å². The molecule has 1 N–H and O–H groups in total. The molecule has 3 aromatic rings. The molecule has 0 aliphatic carbocycles. The number of nitrogens with one attached hydrogen (secondary N) is 1. The number of rotatable bonds is 5. The van der Waals surface area contributed by atoms with Crippen molar-refractivity contribution < 1.29 is 13.9 Å². The lowest BCUT2D eigenvalue weighted by molar-refractivity contribution is 0.146. The van der Waals surface area contributed by atoms with Crippen molar-refractivity contribution in [1.29, 1.82) is 0 Å². The fourth-order valence-electron chi connectivity index (χ4n) is 1.94. The molecule has 1 aromatic carbocycles. The number of halogens is 1. The predicted molar refractivity (Wildman–Crippen MR) is 74.4 cm³/mol. The van der Waals surface area contributed by atoms with Crippen LogP contribution in [-0.2, 0) is 4.74 Å². The number of nitrogens with zero attached hydrogens (tertiary/aromatic N) is 3. The van der Waals surface area contributed by atoms with Gasteiger partial charge in [-0.3, -0.25) is 5.10 Å². The number of pyridine rings is 1. The maximum absolute atomic E-state index is 14.0. The Kier molecular flexibility index (Phi) is 3.74. The van der Waals surface area contributed by atoms with Gasteiger partial charge in [0, 0.05) is 18.6 Å². The number of methoxy groups -OCH3 is 1. The second-order valence-electron chi connectivity index (χ2n) is 4.35. The fraction of sp³-hybridized carbons (Fsp3) is 0.214. The van der Waals surface area contributed by atoms with Crippen LogP contribution in [0.4, 0.5) is 4.39 Å². The number of aromatic amines is 1. The number of hydrogen-bond donors (Lipinski definition) is 1. The van der Waals surface area contributed by atoms with Crippen LogP contribution in [0.2, 0.25) is 0 Å². The molecule has 0 saturated carbocycles. The third-order valence-electron chi connectivity index (χ3n) is 2.94. The van der Waals surface area contributed by atoms with Gasteiger partial charge in [-0.15, -0.1) is 0 Å². The molecule has 0 amide bonds. The third kappa shape index (κ3) is 2.82. The lowest BCUT2D eigenvalue weighted by atomic mass is 10.2. The van der Waals surface area contributed by atoms with E-state index in [0.717, 1.165) is 0 Å². The molecule has 0 unspecified atom stereocenters. The van der Waals surface area contributed by atoms with E-state index in [1.165, 1.54) is 12.4 Å². The molecule has 6 nitrogen and oxygen atoms in total. The smallest absolute Gasteiger partial charge is 0.177 e. The van der Waals surface area contributed by atoms with Gasteiger partial charge in [0.2, 0.25) is 0 Å². The highest BCUT2D eigenvalue weighted by molar-refractivity contribution is 5.82. The first kappa shape index (κ1) is 13.4. The van der Waals surface area contributed by atoms with Crippen LogP contribution in [0.1, 0.15) is 0 Å². The zero-order valence-corrected chi connectivity index (χ0v) is 11.3. The number of fused-ring (bicyclic) bond motifs is 1. The third-order valence-corrected chi connectivity index (χ3v) is 2.94. The van der Waals surface area contributed by atoms with Gasteiger partial charge >= 0.3 is 0 Å². The molecule has 21 heavy (non-hydrogen) atoms. The largest absolute Gasteiger partial charge is 0.491 e. The van der Waals surface area contributed by atoms with Gasteiger partial charge in [0.05, 0.1) is 12.1 Å². The van der Waals surface area contributed by atoms with Crippen molar-refractivity contribution in [3.63, 3.8) is 0 Å². The van der Waals surface area contributed by atoms with Crippen LogP contribution in [0.3, 0.4) is 0 Å². The molecule has 0 fully saturated rings. The number of H-pyrrole nitrogens is 1. The standard InChI is InChI=1S/C14H13FN4O2/c1-20-4-5-21-10-3-2-9-6-11(15)13(18-12(9)7-10)14-16-8-17-19-14/h2-3,6-8H,4-5H2,1H3,(H,16,17,19). The van der Waals surface area contributed by atoms with Crippen LogP contribution >= 0.6 is 0 Å². The van der Waals surface area contributed by atoms with Crippen molar-refractivity contribution in [3.8, 4) is 17.3 Å². The normalized spacial score (nSPS) is 11.0. The number of benzene rings is 1. The Morgan fingerprint density at radius 1 is 1.24 bits per heavy atom. The zero-order valence-electron chi connectivity index (χ0n) is 11.3. The topological polar surface area (TPSA) is 72.9 Å². The van der Waals surface area contributed by atoms with Crippen LogP contribution in [0, 0.1) is 5.82 Å². The molecule has 0 spiro atoms. The molecule has 0 radical (unpaired) electrons. The van der Waals surface area contributed by atoms with E-state index >= 15 is 0 Å². The van der Waals surface area contributed by atoms with E-state index in [0.29, 0.717) is 35.7 Å². The van der Waals surface area contributed by atoms with Crippen molar-refractivity contribution in [1.82, 2.24) is 20.2 Å². The fourth-order valence-corrected chi connectivity index (χ4v) is 1.94. The molecule has 108 valence electrons. The Bertz CT molecular complexity index is 746. The summed E-state index contributed by atoms with van der Waals surface area (Å²) in [6, 6.07) is 6.70. The molecule has 0 bridgehead atoms. The van der Waals surface area contributed by atoms with Crippen molar-refractivity contribution in [2.24, 2.45) is 0 Å². The Balaban J connectivity index is 1.98. The molecule has 3 rings (SSSR count). The second kappa shape index (κ2) is 5.84. The first-order chi connectivity index (χ1) is 10.3. The minimum absolute atomic E-state index is 0.133. The van der Waals surface area contributed by atoms with Crippen molar-refractivity contribution in [2.75, 3.05) is 20.3 Å². The first-order valence-corrected chi connectivity index (χ1v) is 6.35. The van der Waals surface area contributed by atoms with Crippen LogP contribution in [0.5, 0.6) is 5.75 Å². The number of ether oxygens (including phenoxy) is 2. The molecule has 7 heteroatoms. The Hall–Kier alpha value is -2.54. The predicted octanol–water partition coefficient (Wildman–Crippen LogP) is 2.18. The lowest BCUT2D eigenvalue weighted by Gasteiger charge is -2.07. The number of aromatic nitrogens is 4. The van der Waals surface area contributed by atoms with Gasteiger partial charge < -0.3 is 9.47 Å². The van der Waals surface area contributed by atoms with Gasteiger partial charge in [-0.25, -0.2) is 14.4 Å². The summed E-state index contributed by atoms with van der Waals surface area (Å²) < 4.78 is 24.5. The van der Waals surface area contributed by atoms with E-state index in [2.05, 4.69) is 20.2 Å². The molecule has 2 heterocycles. The molecule has 0 saturated heterocycles. The Labute approximate surface area is 119 Å². The van der Waals surface area contributed by atoms with Gasteiger partial charge in [-0.05, 0) is 18.2 Å². The van der Waals surface area contributed by atoms with Crippen LogP contribution < -0.4 is 4.74 Å².